The highest BCUT2D eigenvalue weighted by atomic mass is 35.5. The van der Waals surface area contributed by atoms with Gasteiger partial charge in [0.1, 0.15) is 6.54 Å². The van der Waals surface area contributed by atoms with Gasteiger partial charge in [-0.05, 0) is 17.7 Å². The Kier molecular flexibility index (Phi) is 4.94. The summed E-state index contributed by atoms with van der Waals surface area (Å²) in [6.45, 7) is -0.300. The standard InChI is InChI=1S/C17H17ClN4O4/c1-21-14(23)8-12(16(21)10-3-2-4-11(18)7-10)17(26)19-13-5-6-22(20-13)9-15(24)25/h2-7,12,16H,8-9H2,1H3,(H,24,25)(H,19,20,26)/t12-,16-/m1/s1. The van der Waals surface area contributed by atoms with Crippen molar-refractivity contribution in [1.29, 1.82) is 0 Å². The van der Waals surface area contributed by atoms with Crippen LogP contribution in [0.15, 0.2) is 36.5 Å². The molecule has 1 aliphatic rings. The minimum absolute atomic E-state index is 0.0787. The first-order valence-corrected chi connectivity index (χ1v) is 8.30. The Morgan fingerprint density at radius 2 is 2.15 bits per heavy atom. The summed E-state index contributed by atoms with van der Waals surface area (Å²) in [6.07, 6.45) is 1.54. The van der Waals surface area contributed by atoms with Crippen molar-refractivity contribution in [2.75, 3.05) is 12.4 Å². The highest BCUT2D eigenvalue weighted by molar-refractivity contribution is 6.30. The first kappa shape index (κ1) is 17.9. The number of carboxylic acid groups (broad SMARTS) is 1. The molecule has 8 nitrogen and oxygen atoms in total. The lowest BCUT2D eigenvalue weighted by Crippen LogP contribution is -2.30. The number of carbonyl (C=O) groups is 3. The maximum absolute atomic E-state index is 12.7. The summed E-state index contributed by atoms with van der Waals surface area (Å²) in [7, 11) is 1.66. The number of carboxylic acids is 1. The molecule has 2 amide bonds. The van der Waals surface area contributed by atoms with Gasteiger partial charge >= 0.3 is 5.97 Å². The van der Waals surface area contributed by atoms with Gasteiger partial charge in [0, 0.05) is 30.8 Å². The fourth-order valence-corrected chi connectivity index (χ4v) is 3.32. The maximum atomic E-state index is 12.7. The molecule has 2 atom stereocenters. The molecule has 2 N–H and O–H groups in total. The molecule has 2 heterocycles. The fraction of sp³-hybridized carbons (Fsp3) is 0.294. The van der Waals surface area contributed by atoms with Crippen LogP contribution in [0.5, 0.6) is 0 Å². The Labute approximate surface area is 154 Å². The molecule has 0 saturated carbocycles. The Morgan fingerprint density at radius 1 is 1.38 bits per heavy atom. The van der Waals surface area contributed by atoms with Crippen LogP contribution in [-0.4, -0.2) is 44.6 Å². The third-order valence-electron chi connectivity index (χ3n) is 4.30. The largest absolute Gasteiger partial charge is 0.480 e. The number of aliphatic carboxylic acids is 1. The molecule has 1 fully saturated rings. The number of amides is 2. The number of nitrogens with zero attached hydrogens (tertiary/aromatic N) is 3. The molecule has 2 aromatic rings. The normalized spacial score (nSPS) is 19.6. The van der Waals surface area contributed by atoms with Crippen molar-refractivity contribution in [3.8, 4) is 0 Å². The summed E-state index contributed by atoms with van der Waals surface area (Å²) in [6, 6.07) is 8.15. The summed E-state index contributed by atoms with van der Waals surface area (Å²) >= 11 is 6.04. The summed E-state index contributed by atoms with van der Waals surface area (Å²) in [4.78, 5) is 37.1. The van der Waals surface area contributed by atoms with Gasteiger partial charge in [0.2, 0.25) is 11.8 Å². The van der Waals surface area contributed by atoms with Gasteiger partial charge in [-0.15, -0.1) is 0 Å². The van der Waals surface area contributed by atoms with Gasteiger partial charge in [0.25, 0.3) is 0 Å². The average molecular weight is 377 g/mol. The van der Waals surface area contributed by atoms with E-state index in [0.29, 0.717) is 5.02 Å². The molecule has 136 valence electrons. The van der Waals surface area contributed by atoms with E-state index in [1.54, 1.807) is 30.1 Å². The summed E-state index contributed by atoms with van der Waals surface area (Å²) < 4.78 is 1.21. The first-order chi connectivity index (χ1) is 12.3. The number of likely N-dealkylation sites (tertiary alicyclic amines) is 1. The second-order valence-corrected chi connectivity index (χ2v) is 6.53. The third-order valence-corrected chi connectivity index (χ3v) is 4.54. The van der Waals surface area contributed by atoms with Crippen molar-refractivity contribution < 1.29 is 19.5 Å². The van der Waals surface area contributed by atoms with Crippen molar-refractivity contribution in [3.63, 3.8) is 0 Å². The number of hydrogen-bond acceptors (Lipinski definition) is 4. The van der Waals surface area contributed by atoms with Crippen LogP contribution in [0.3, 0.4) is 0 Å². The van der Waals surface area contributed by atoms with E-state index in [0.717, 1.165) is 5.56 Å². The lowest BCUT2D eigenvalue weighted by Gasteiger charge is -2.24. The van der Waals surface area contributed by atoms with Crippen molar-refractivity contribution in [2.24, 2.45) is 5.92 Å². The molecule has 9 heteroatoms. The highest BCUT2D eigenvalue weighted by Gasteiger charge is 2.42. The van der Waals surface area contributed by atoms with E-state index in [1.165, 1.54) is 16.9 Å². The number of carbonyl (C=O) groups excluding carboxylic acids is 2. The molecule has 1 aromatic heterocycles. The minimum atomic E-state index is -1.03. The molecule has 26 heavy (non-hydrogen) atoms. The second-order valence-electron chi connectivity index (χ2n) is 6.10. The highest BCUT2D eigenvalue weighted by Crippen LogP contribution is 2.38. The number of aromatic nitrogens is 2. The van der Waals surface area contributed by atoms with E-state index in [1.807, 2.05) is 6.07 Å². The van der Waals surface area contributed by atoms with Gasteiger partial charge in [-0.25, -0.2) is 0 Å². The number of rotatable bonds is 5. The SMILES string of the molecule is CN1C(=O)C[C@@H](C(=O)Nc2ccn(CC(=O)O)n2)[C@H]1c1cccc(Cl)c1. The van der Waals surface area contributed by atoms with E-state index < -0.39 is 17.9 Å². The van der Waals surface area contributed by atoms with Crippen molar-refractivity contribution in [3.05, 3.63) is 47.1 Å². The molecular weight excluding hydrogens is 360 g/mol. The van der Waals surface area contributed by atoms with Gasteiger partial charge in [0.15, 0.2) is 5.82 Å². The Morgan fingerprint density at radius 3 is 2.85 bits per heavy atom. The summed E-state index contributed by atoms with van der Waals surface area (Å²) in [5.41, 5.74) is 0.780. The van der Waals surface area contributed by atoms with E-state index in [9.17, 15) is 14.4 Å². The maximum Gasteiger partial charge on any atom is 0.325 e. The number of benzene rings is 1. The quantitative estimate of drug-likeness (QED) is 0.827. The van der Waals surface area contributed by atoms with Crippen molar-refractivity contribution >= 4 is 35.2 Å². The van der Waals surface area contributed by atoms with Crippen LogP contribution >= 0.6 is 11.6 Å². The second kappa shape index (κ2) is 7.17. The van der Waals surface area contributed by atoms with Crippen LogP contribution < -0.4 is 5.32 Å². The molecule has 0 bridgehead atoms. The average Bonchev–Trinajstić information content (AvgIpc) is 3.11. The van der Waals surface area contributed by atoms with E-state index in [4.69, 9.17) is 16.7 Å². The third kappa shape index (κ3) is 3.70. The monoisotopic (exact) mass is 376 g/mol. The Balaban J connectivity index is 1.79. The van der Waals surface area contributed by atoms with Gasteiger partial charge < -0.3 is 15.3 Å². The molecule has 1 aliphatic heterocycles. The lowest BCUT2D eigenvalue weighted by molar-refractivity contribution is -0.138. The molecule has 3 rings (SSSR count). The van der Waals surface area contributed by atoms with Gasteiger partial charge in [-0.1, -0.05) is 23.7 Å². The van der Waals surface area contributed by atoms with E-state index in [2.05, 4.69) is 10.4 Å². The predicted octanol–water partition coefficient (Wildman–Crippen LogP) is 1.78. The molecular formula is C17H17ClN4O4. The van der Waals surface area contributed by atoms with Gasteiger partial charge in [-0.2, -0.15) is 5.10 Å². The van der Waals surface area contributed by atoms with Gasteiger partial charge in [-0.3, -0.25) is 19.1 Å². The predicted molar refractivity (Wildman–Crippen MR) is 93.6 cm³/mol. The number of halogens is 1. The van der Waals surface area contributed by atoms with Crippen molar-refractivity contribution in [1.82, 2.24) is 14.7 Å². The van der Waals surface area contributed by atoms with Crippen molar-refractivity contribution in [2.45, 2.75) is 19.0 Å². The Bertz CT molecular complexity index is 866. The molecule has 0 unspecified atom stereocenters. The zero-order valence-corrected chi connectivity index (χ0v) is 14.7. The van der Waals surface area contributed by atoms with Gasteiger partial charge in [0.05, 0.1) is 12.0 Å². The fourth-order valence-electron chi connectivity index (χ4n) is 3.13. The summed E-state index contributed by atoms with van der Waals surface area (Å²) in [5, 5.41) is 16.0. The van der Waals surface area contributed by atoms with Crippen LogP contribution in [0.1, 0.15) is 18.0 Å². The van der Waals surface area contributed by atoms with E-state index in [-0.39, 0.29) is 30.6 Å². The number of nitrogens with one attached hydrogen (secondary N) is 1. The summed E-state index contributed by atoms with van der Waals surface area (Å²) in [5.74, 6) is -1.88. The van der Waals surface area contributed by atoms with Crippen LogP contribution in [0.25, 0.3) is 0 Å². The van der Waals surface area contributed by atoms with Crippen LogP contribution in [0.2, 0.25) is 5.02 Å². The molecule has 0 aliphatic carbocycles. The zero-order chi connectivity index (χ0) is 18.8. The molecule has 0 spiro atoms. The molecule has 1 aromatic carbocycles. The van der Waals surface area contributed by atoms with Crippen LogP contribution in [0.4, 0.5) is 5.82 Å². The van der Waals surface area contributed by atoms with Crippen LogP contribution in [0, 0.1) is 5.92 Å². The number of anilines is 1. The molecule has 0 radical (unpaired) electrons. The molecule has 1 saturated heterocycles. The smallest absolute Gasteiger partial charge is 0.325 e. The first-order valence-electron chi connectivity index (χ1n) is 7.92. The van der Waals surface area contributed by atoms with E-state index >= 15 is 0 Å². The van der Waals surface area contributed by atoms with Crippen LogP contribution in [-0.2, 0) is 20.9 Å². The Hall–Kier alpha value is -2.87. The topological polar surface area (TPSA) is 105 Å². The minimum Gasteiger partial charge on any atom is -0.480 e. The zero-order valence-electron chi connectivity index (χ0n) is 13.9. The number of hydrogen-bond donors (Lipinski definition) is 2. The lowest BCUT2D eigenvalue weighted by atomic mass is 9.93.